The summed E-state index contributed by atoms with van der Waals surface area (Å²) in [4.78, 5) is 6.54. The molecule has 1 rings (SSSR count). The average molecular weight is 330 g/mol. The molecule has 0 spiro atoms. The van der Waals surface area contributed by atoms with Gasteiger partial charge in [0, 0.05) is 25.8 Å². The fourth-order valence-corrected chi connectivity index (χ4v) is 3.08. The van der Waals surface area contributed by atoms with Crippen molar-refractivity contribution in [3.8, 4) is 0 Å². The molecule has 1 unspecified atom stereocenters. The number of allylic oxidation sites excluding steroid dienone is 7. The molecule has 0 aliphatic heterocycles. The Kier molecular flexibility index (Phi) is 7.68. The summed E-state index contributed by atoms with van der Waals surface area (Å²) in [5, 5.41) is 3.55. The molecule has 0 heterocycles. The molecule has 0 radical (unpaired) electrons. The predicted octanol–water partition coefficient (Wildman–Crippen LogP) is 4.22. The molecule has 1 N–H and O–H groups in total. The quantitative estimate of drug-likeness (QED) is 0.722. The molecule has 134 valence electrons. The van der Waals surface area contributed by atoms with Crippen molar-refractivity contribution in [1.29, 1.82) is 0 Å². The van der Waals surface area contributed by atoms with E-state index in [9.17, 15) is 0 Å². The van der Waals surface area contributed by atoms with Gasteiger partial charge in [-0.15, -0.1) is 0 Å². The van der Waals surface area contributed by atoms with E-state index in [0.717, 1.165) is 30.9 Å². The Morgan fingerprint density at radius 1 is 1.38 bits per heavy atom. The van der Waals surface area contributed by atoms with Crippen LogP contribution in [0.2, 0.25) is 0 Å². The van der Waals surface area contributed by atoms with Gasteiger partial charge in [0.25, 0.3) is 0 Å². The van der Waals surface area contributed by atoms with Gasteiger partial charge >= 0.3 is 0 Å². The SMILES string of the molecule is C=C(NCC(C)(C)CN(C)C)C(C)CC1=C/C(=C/C)C(=NC)C=C1. The number of nitrogens with zero attached hydrogens (tertiary/aromatic N) is 2. The first-order valence-electron chi connectivity index (χ1n) is 8.78. The number of rotatable bonds is 8. The first kappa shape index (κ1) is 20.4. The van der Waals surface area contributed by atoms with E-state index >= 15 is 0 Å². The minimum atomic E-state index is 0.223. The van der Waals surface area contributed by atoms with Gasteiger partial charge in [-0.1, -0.05) is 39.5 Å². The van der Waals surface area contributed by atoms with E-state index in [1.165, 1.54) is 11.1 Å². The van der Waals surface area contributed by atoms with Crippen molar-refractivity contribution in [2.75, 3.05) is 34.2 Å². The third-order valence-corrected chi connectivity index (χ3v) is 4.32. The molecular weight excluding hydrogens is 294 g/mol. The van der Waals surface area contributed by atoms with Gasteiger partial charge in [0.1, 0.15) is 0 Å². The molecule has 0 aromatic carbocycles. The van der Waals surface area contributed by atoms with E-state index in [-0.39, 0.29) is 5.41 Å². The maximum atomic E-state index is 4.31. The van der Waals surface area contributed by atoms with Gasteiger partial charge in [-0.2, -0.15) is 0 Å². The molecule has 0 bridgehead atoms. The van der Waals surface area contributed by atoms with E-state index in [1.54, 1.807) is 0 Å². The van der Waals surface area contributed by atoms with Crippen LogP contribution in [0.3, 0.4) is 0 Å². The first-order valence-corrected chi connectivity index (χ1v) is 8.78. The molecule has 3 heteroatoms. The third-order valence-electron chi connectivity index (χ3n) is 4.32. The molecule has 0 aromatic rings. The Morgan fingerprint density at radius 2 is 2.04 bits per heavy atom. The van der Waals surface area contributed by atoms with E-state index in [1.807, 2.05) is 7.05 Å². The van der Waals surface area contributed by atoms with Gasteiger partial charge in [0.15, 0.2) is 0 Å². The zero-order valence-electron chi connectivity index (χ0n) is 16.6. The van der Waals surface area contributed by atoms with E-state index in [4.69, 9.17) is 0 Å². The molecule has 0 fully saturated rings. The lowest BCUT2D eigenvalue weighted by Gasteiger charge is -2.30. The van der Waals surface area contributed by atoms with Crippen LogP contribution >= 0.6 is 0 Å². The molecule has 0 aromatic heterocycles. The van der Waals surface area contributed by atoms with Crippen LogP contribution in [-0.2, 0) is 0 Å². The van der Waals surface area contributed by atoms with Gasteiger partial charge < -0.3 is 10.2 Å². The number of hydrogen-bond acceptors (Lipinski definition) is 3. The predicted molar refractivity (Wildman–Crippen MR) is 108 cm³/mol. The second-order valence-electron chi connectivity index (χ2n) is 7.79. The third kappa shape index (κ3) is 6.48. The summed E-state index contributed by atoms with van der Waals surface area (Å²) in [6.07, 6.45) is 9.63. The van der Waals surface area contributed by atoms with Crippen molar-refractivity contribution < 1.29 is 0 Å². The Bertz CT molecular complexity index is 560. The van der Waals surface area contributed by atoms with Crippen LogP contribution in [0.15, 0.2) is 52.7 Å². The van der Waals surface area contributed by atoms with Crippen LogP contribution in [-0.4, -0.2) is 44.8 Å². The van der Waals surface area contributed by atoms with Crippen LogP contribution in [0.4, 0.5) is 0 Å². The summed E-state index contributed by atoms with van der Waals surface area (Å²) in [7, 11) is 6.08. The molecule has 0 saturated heterocycles. The topological polar surface area (TPSA) is 27.6 Å². The van der Waals surface area contributed by atoms with Crippen LogP contribution in [0, 0.1) is 11.3 Å². The lowest BCUT2D eigenvalue weighted by molar-refractivity contribution is 0.236. The Hall–Kier alpha value is -1.61. The van der Waals surface area contributed by atoms with Crippen molar-refractivity contribution in [3.05, 3.63) is 47.7 Å². The van der Waals surface area contributed by atoms with E-state index < -0.39 is 0 Å². The second kappa shape index (κ2) is 9.03. The number of hydrogen-bond donors (Lipinski definition) is 1. The number of aliphatic imine (C=N–C) groups is 1. The van der Waals surface area contributed by atoms with E-state index in [2.05, 4.69) is 87.9 Å². The van der Waals surface area contributed by atoms with Gasteiger partial charge in [-0.05, 0) is 62.1 Å². The maximum Gasteiger partial charge on any atom is 0.0640 e. The highest BCUT2D eigenvalue weighted by Gasteiger charge is 2.20. The normalized spacial score (nSPS) is 19.8. The fraction of sp³-hybridized carbons (Fsp3) is 0.571. The van der Waals surface area contributed by atoms with Crippen molar-refractivity contribution in [2.45, 2.75) is 34.1 Å². The minimum Gasteiger partial charge on any atom is -0.388 e. The first-order chi connectivity index (χ1) is 11.2. The Labute approximate surface area is 148 Å². The smallest absolute Gasteiger partial charge is 0.0640 e. The van der Waals surface area contributed by atoms with Crippen molar-refractivity contribution in [2.24, 2.45) is 16.3 Å². The Balaban J connectivity index is 2.59. The maximum absolute atomic E-state index is 4.31. The summed E-state index contributed by atoms with van der Waals surface area (Å²) in [6, 6.07) is 0. The largest absolute Gasteiger partial charge is 0.388 e. The molecule has 24 heavy (non-hydrogen) atoms. The zero-order chi connectivity index (χ0) is 18.3. The molecule has 0 amide bonds. The fourth-order valence-electron chi connectivity index (χ4n) is 3.08. The summed E-state index contributed by atoms with van der Waals surface area (Å²) < 4.78 is 0. The van der Waals surface area contributed by atoms with Gasteiger partial charge in [-0.25, -0.2) is 0 Å². The summed E-state index contributed by atoms with van der Waals surface area (Å²) in [5.41, 5.74) is 4.93. The molecular formula is C21H35N3. The van der Waals surface area contributed by atoms with Crippen molar-refractivity contribution in [1.82, 2.24) is 10.2 Å². The molecule has 0 saturated carbocycles. The molecule has 1 aliphatic carbocycles. The lowest BCUT2D eigenvalue weighted by Crippen LogP contribution is -2.38. The molecule has 1 aliphatic rings. The second-order valence-corrected chi connectivity index (χ2v) is 7.79. The number of nitrogens with one attached hydrogen (secondary N) is 1. The van der Waals surface area contributed by atoms with Gasteiger partial charge in [-0.3, -0.25) is 4.99 Å². The van der Waals surface area contributed by atoms with Crippen LogP contribution < -0.4 is 5.32 Å². The minimum absolute atomic E-state index is 0.223. The Morgan fingerprint density at radius 3 is 2.58 bits per heavy atom. The zero-order valence-corrected chi connectivity index (χ0v) is 16.6. The monoisotopic (exact) mass is 329 g/mol. The average Bonchev–Trinajstić information content (AvgIpc) is 2.51. The highest BCUT2D eigenvalue weighted by molar-refractivity contribution is 6.11. The van der Waals surface area contributed by atoms with Crippen LogP contribution in [0.5, 0.6) is 0 Å². The summed E-state index contributed by atoms with van der Waals surface area (Å²) >= 11 is 0. The van der Waals surface area contributed by atoms with E-state index in [0.29, 0.717) is 5.92 Å². The van der Waals surface area contributed by atoms with Crippen molar-refractivity contribution >= 4 is 5.71 Å². The highest BCUT2D eigenvalue weighted by Crippen LogP contribution is 2.24. The highest BCUT2D eigenvalue weighted by atomic mass is 15.1. The van der Waals surface area contributed by atoms with Gasteiger partial charge in [0.05, 0.1) is 5.71 Å². The lowest BCUT2D eigenvalue weighted by atomic mass is 9.90. The van der Waals surface area contributed by atoms with Crippen LogP contribution in [0.25, 0.3) is 0 Å². The van der Waals surface area contributed by atoms with Gasteiger partial charge in [0.2, 0.25) is 0 Å². The molecule has 3 nitrogen and oxygen atoms in total. The van der Waals surface area contributed by atoms with Crippen LogP contribution in [0.1, 0.15) is 34.1 Å². The summed E-state index contributed by atoms with van der Waals surface area (Å²) in [6.45, 7) is 15.1. The standard InChI is InChI=1S/C21H35N3/c1-9-19-13-18(10-11-20(19)22-6)12-16(2)17(3)23-14-21(4,5)15-24(7)8/h9-11,13,16,23H,3,12,14-15H2,1-2,4-8H3/b19-9-,22-20?. The molecule has 1 atom stereocenters. The van der Waals surface area contributed by atoms with Crippen molar-refractivity contribution in [3.63, 3.8) is 0 Å². The summed E-state index contributed by atoms with van der Waals surface area (Å²) in [5.74, 6) is 0.397.